The number of para-hydroxylation sites is 1. The zero-order chi connectivity index (χ0) is 14.0. The van der Waals surface area contributed by atoms with E-state index in [-0.39, 0.29) is 16.1 Å². The van der Waals surface area contributed by atoms with Crippen LogP contribution in [0.1, 0.15) is 10.4 Å². The van der Waals surface area contributed by atoms with Crippen LogP contribution in [0, 0.1) is 11.6 Å². The van der Waals surface area contributed by atoms with Crippen LogP contribution in [0.4, 0.5) is 14.5 Å². The molecule has 3 nitrogen and oxygen atoms in total. The van der Waals surface area contributed by atoms with Gasteiger partial charge in [0.25, 0.3) is 5.91 Å². The predicted octanol–water partition coefficient (Wildman–Crippen LogP) is 2.80. The van der Waals surface area contributed by atoms with Gasteiger partial charge < -0.3 is 11.5 Å². The van der Waals surface area contributed by atoms with E-state index >= 15 is 0 Å². The summed E-state index contributed by atoms with van der Waals surface area (Å²) in [5.74, 6) is -1.77. The van der Waals surface area contributed by atoms with Gasteiger partial charge in [0.05, 0.1) is 16.1 Å². The van der Waals surface area contributed by atoms with Crippen molar-refractivity contribution in [3.8, 4) is 0 Å². The molecule has 0 atom stereocenters. The summed E-state index contributed by atoms with van der Waals surface area (Å²) in [5.41, 5.74) is 11.3. The van der Waals surface area contributed by atoms with E-state index in [1.165, 1.54) is 6.07 Å². The number of anilines is 1. The molecule has 0 heterocycles. The minimum atomic E-state index is -0.667. The fourth-order valence-corrected chi connectivity index (χ4v) is 2.46. The van der Waals surface area contributed by atoms with Crippen molar-refractivity contribution in [2.75, 3.05) is 5.73 Å². The van der Waals surface area contributed by atoms with E-state index < -0.39 is 17.5 Å². The molecular formula is C13H10F2N2OS. The first-order valence-corrected chi connectivity index (χ1v) is 6.12. The van der Waals surface area contributed by atoms with Crippen LogP contribution in [0.25, 0.3) is 0 Å². The molecular weight excluding hydrogens is 270 g/mol. The number of primary amides is 1. The van der Waals surface area contributed by atoms with Gasteiger partial charge in [-0.05, 0) is 30.3 Å². The highest BCUT2D eigenvalue weighted by Crippen LogP contribution is 2.35. The van der Waals surface area contributed by atoms with Crippen molar-refractivity contribution in [2.45, 2.75) is 9.79 Å². The maximum atomic E-state index is 13.5. The molecule has 0 bridgehead atoms. The van der Waals surface area contributed by atoms with Gasteiger partial charge >= 0.3 is 0 Å². The molecule has 0 unspecified atom stereocenters. The molecule has 0 fully saturated rings. The number of hydrogen-bond donors (Lipinski definition) is 2. The Hall–Kier alpha value is -2.08. The van der Waals surface area contributed by atoms with E-state index in [1.54, 1.807) is 12.1 Å². The van der Waals surface area contributed by atoms with Gasteiger partial charge in [0.1, 0.15) is 11.6 Å². The lowest BCUT2D eigenvalue weighted by Gasteiger charge is -2.09. The zero-order valence-corrected chi connectivity index (χ0v) is 10.5. The lowest BCUT2D eigenvalue weighted by molar-refractivity contribution is 0.100. The van der Waals surface area contributed by atoms with Crippen molar-refractivity contribution in [1.29, 1.82) is 0 Å². The van der Waals surface area contributed by atoms with Crippen LogP contribution in [0.3, 0.4) is 0 Å². The van der Waals surface area contributed by atoms with Gasteiger partial charge in [-0.15, -0.1) is 0 Å². The summed E-state index contributed by atoms with van der Waals surface area (Å²) in [5, 5.41) is 0. The van der Waals surface area contributed by atoms with Gasteiger partial charge in [-0.25, -0.2) is 8.78 Å². The third kappa shape index (κ3) is 2.85. The van der Waals surface area contributed by atoms with E-state index in [9.17, 15) is 13.6 Å². The average molecular weight is 280 g/mol. The predicted molar refractivity (Wildman–Crippen MR) is 69.9 cm³/mol. The lowest BCUT2D eigenvalue weighted by Crippen LogP contribution is -2.13. The Balaban J connectivity index is 2.41. The molecule has 19 heavy (non-hydrogen) atoms. The molecule has 0 aliphatic carbocycles. The van der Waals surface area contributed by atoms with Crippen LogP contribution < -0.4 is 11.5 Å². The summed E-state index contributed by atoms with van der Waals surface area (Å²) in [4.78, 5) is 11.7. The molecule has 0 aliphatic heterocycles. The molecule has 6 heteroatoms. The highest BCUT2D eigenvalue weighted by molar-refractivity contribution is 7.99. The maximum absolute atomic E-state index is 13.5. The minimum Gasteiger partial charge on any atom is -0.397 e. The van der Waals surface area contributed by atoms with Crippen LogP contribution in [0.5, 0.6) is 0 Å². The number of carbonyl (C=O) groups is 1. The van der Waals surface area contributed by atoms with Crippen molar-refractivity contribution in [3.63, 3.8) is 0 Å². The molecule has 0 aliphatic rings. The van der Waals surface area contributed by atoms with Gasteiger partial charge in [-0.1, -0.05) is 17.8 Å². The van der Waals surface area contributed by atoms with Crippen LogP contribution >= 0.6 is 11.8 Å². The fraction of sp³-hybridized carbons (Fsp3) is 0. The third-order valence-electron chi connectivity index (χ3n) is 2.44. The van der Waals surface area contributed by atoms with E-state index in [0.29, 0.717) is 4.90 Å². The lowest BCUT2D eigenvalue weighted by atomic mass is 10.2. The summed E-state index contributed by atoms with van der Waals surface area (Å²) in [6.45, 7) is 0. The first-order valence-electron chi connectivity index (χ1n) is 5.30. The normalized spacial score (nSPS) is 10.4. The van der Waals surface area contributed by atoms with Crippen molar-refractivity contribution in [1.82, 2.24) is 0 Å². The largest absolute Gasteiger partial charge is 0.397 e. The SMILES string of the molecule is NC(=O)c1cccc(Sc2cc(F)ccc2F)c1N. The van der Waals surface area contributed by atoms with E-state index in [2.05, 4.69) is 0 Å². The Morgan fingerprint density at radius 1 is 1.11 bits per heavy atom. The van der Waals surface area contributed by atoms with Crippen molar-refractivity contribution < 1.29 is 13.6 Å². The Kier molecular flexibility index (Phi) is 3.71. The van der Waals surface area contributed by atoms with Crippen LogP contribution in [-0.2, 0) is 0 Å². The molecule has 1 amide bonds. The van der Waals surface area contributed by atoms with Crippen molar-refractivity contribution in [3.05, 3.63) is 53.6 Å². The Labute approximate surface area is 112 Å². The van der Waals surface area contributed by atoms with Crippen LogP contribution in [-0.4, -0.2) is 5.91 Å². The molecule has 0 saturated heterocycles. The monoisotopic (exact) mass is 280 g/mol. The summed E-state index contributed by atoms with van der Waals surface area (Å²) < 4.78 is 26.6. The highest BCUT2D eigenvalue weighted by atomic mass is 32.2. The van der Waals surface area contributed by atoms with Crippen molar-refractivity contribution in [2.24, 2.45) is 5.73 Å². The van der Waals surface area contributed by atoms with Gasteiger partial charge in [-0.3, -0.25) is 4.79 Å². The maximum Gasteiger partial charge on any atom is 0.250 e. The quantitative estimate of drug-likeness (QED) is 0.849. The number of nitrogen functional groups attached to an aromatic ring is 1. The topological polar surface area (TPSA) is 69.1 Å². The molecule has 2 rings (SSSR count). The van der Waals surface area contributed by atoms with Crippen LogP contribution in [0.15, 0.2) is 46.2 Å². The molecule has 98 valence electrons. The average Bonchev–Trinajstić information content (AvgIpc) is 2.36. The first-order chi connectivity index (χ1) is 8.99. The molecule has 2 aromatic rings. The molecule has 0 radical (unpaired) electrons. The highest BCUT2D eigenvalue weighted by Gasteiger charge is 2.12. The second-order valence-electron chi connectivity index (χ2n) is 3.76. The standard InChI is InChI=1S/C13H10F2N2OS/c14-7-4-5-9(15)11(6-7)19-10-3-1-2-8(12(10)16)13(17)18/h1-6H,16H2,(H2,17,18). The van der Waals surface area contributed by atoms with Gasteiger partial charge in [-0.2, -0.15) is 0 Å². The number of benzene rings is 2. The summed E-state index contributed by atoms with van der Waals surface area (Å²) in [7, 11) is 0. The van der Waals surface area contributed by atoms with Crippen LogP contribution in [0.2, 0.25) is 0 Å². The Morgan fingerprint density at radius 3 is 2.53 bits per heavy atom. The summed E-state index contributed by atoms with van der Waals surface area (Å²) >= 11 is 0.939. The second kappa shape index (κ2) is 5.27. The molecule has 0 aromatic heterocycles. The second-order valence-corrected chi connectivity index (χ2v) is 4.84. The van der Waals surface area contributed by atoms with Gasteiger partial charge in [0.15, 0.2) is 0 Å². The summed E-state index contributed by atoms with van der Waals surface area (Å²) in [6, 6.07) is 7.79. The minimum absolute atomic E-state index is 0.0910. The zero-order valence-electron chi connectivity index (χ0n) is 9.69. The molecule has 4 N–H and O–H groups in total. The van der Waals surface area contributed by atoms with Gasteiger partial charge in [0.2, 0.25) is 0 Å². The molecule has 0 saturated carbocycles. The first kappa shape index (κ1) is 13.4. The third-order valence-corrected chi connectivity index (χ3v) is 3.55. The van der Waals surface area contributed by atoms with Crippen molar-refractivity contribution >= 4 is 23.4 Å². The number of hydrogen-bond acceptors (Lipinski definition) is 3. The fourth-order valence-electron chi connectivity index (χ4n) is 1.52. The Bertz CT molecular complexity index is 647. The van der Waals surface area contributed by atoms with E-state index in [0.717, 1.165) is 30.0 Å². The number of carbonyl (C=O) groups excluding carboxylic acids is 1. The molecule has 0 spiro atoms. The Morgan fingerprint density at radius 2 is 1.84 bits per heavy atom. The number of nitrogens with two attached hydrogens (primary N) is 2. The van der Waals surface area contributed by atoms with E-state index in [1.807, 2.05) is 0 Å². The molecule has 2 aromatic carbocycles. The number of rotatable bonds is 3. The van der Waals surface area contributed by atoms with E-state index in [4.69, 9.17) is 11.5 Å². The smallest absolute Gasteiger partial charge is 0.250 e. The summed E-state index contributed by atoms with van der Waals surface area (Å²) in [6.07, 6.45) is 0. The number of amides is 1. The van der Waals surface area contributed by atoms with Gasteiger partial charge in [0, 0.05) is 4.90 Å². The number of halogens is 2.